The smallest absolute Gasteiger partial charge is 0.153 e. The molecule has 0 fully saturated rings. The average Bonchev–Trinajstić information content (AvgIpc) is 2.85. The summed E-state index contributed by atoms with van der Waals surface area (Å²) in [6, 6.07) is 4.72. The minimum absolute atomic E-state index is 0.0263. The van der Waals surface area contributed by atoms with Crippen molar-refractivity contribution in [3.63, 3.8) is 0 Å². The number of rotatable bonds is 2. The lowest BCUT2D eigenvalue weighted by atomic mass is 10.0. The van der Waals surface area contributed by atoms with E-state index in [4.69, 9.17) is 17.3 Å². The number of hydrogen-bond donors (Lipinski definition) is 2. The normalized spacial score (nSPS) is 10.7. The van der Waals surface area contributed by atoms with Gasteiger partial charge in [0, 0.05) is 23.5 Å². The fourth-order valence-electron chi connectivity index (χ4n) is 1.96. The molecule has 0 aliphatic rings. The number of nitrogens with one attached hydrogen (secondary N) is 1. The zero-order valence-corrected chi connectivity index (χ0v) is 10.9. The molecule has 1 aromatic carbocycles. The second-order valence-electron chi connectivity index (χ2n) is 4.09. The van der Waals surface area contributed by atoms with Gasteiger partial charge in [-0.25, -0.2) is 14.4 Å². The third-order valence-corrected chi connectivity index (χ3v) is 3.16. The van der Waals surface area contributed by atoms with Gasteiger partial charge in [0.05, 0.1) is 16.3 Å². The van der Waals surface area contributed by atoms with E-state index in [2.05, 4.69) is 20.2 Å². The first-order valence-corrected chi connectivity index (χ1v) is 6.10. The first-order chi connectivity index (χ1) is 9.68. The van der Waals surface area contributed by atoms with Crippen LogP contribution in [-0.2, 0) is 0 Å². The fraction of sp³-hybridized carbons (Fsp3) is 0. The summed E-state index contributed by atoms with van der Waals surface area (Å²) in [6.07, 6.45) is 4.58. The monoisotopic (exact) mass is 289 g/mol. The number of hydrogen-bond acceptors (Lipinski definition) is 4. The van der Waals surface area contributed by atoms with Gasteiger partial charge in [0.25, 0.3) is 0 Å². The molecule has 0 atom stereocenters. The maximum atomic E-state index is 14.2. The summed E-state index contributed by atoms with van der Waals surface area (Å²) in [6.45, 7) is 0. The highest BCUT2D eigenvalue weighted by Crippen LogP contribution is 2.37. The first-order valence-electron chi connectivity index (χ1n) is 5.72. The molecule has 0 aliphatic heterocycles. The van der Waals surface area contributed by atoms with E-state index in [0.717, 1.165) is 0 Å². The lowest BCUT2D eigenvalue weighted by molar-refractivity contribution is 0.632. The van der Waals surface area contributed by atoms with Gasteiger partial charge in [-0.05, 0) is 6.07 Å². The van der Waals surface area contributed by atoms with Crippen molar-refractivity contribution in [3.05, 3.63) is 47.8 Å². The minimum atomic E-state index is -0.541. The molecule has 0 radical (unpaired) electrons. The molecular weight excluding hydrogens is 281 g/mol. The van der Waals surface area contributed by atoms with Gasteiger partial charge >= 0.3 is 0 Å². The predicted octanol–water partition coefficient (Wildman–Crippen LogP) is 2.91. The molecule has 0 aliphatic carbocycles. The second kappa shape index (κ2) is 4.90. The van der Waals surface area contributed by atoms with Gasteiger partial charge in [0.1, 0.15) is 12.1 Å². The van der Waals surface area contributed by atoms with E-state index >= 15 is 0 Å². The number of aromatic nitrogens is 4. The van der Waals surface area contributed by atoms with Crippen molar-refractivity contribution in [1.82, 2.24) is 20.2 Å². The average molecular weight is 290 g/mol. The molecular formula is C13H9ClFN5. The van der Waals surface area contributed by atoms with E-state index in [1.807, 2.05) is 0 Å². The van der Waals surface area contributed by atoms with Crippen molar-refractivity contribution in [2.24, 2.45) is 0 Å². The number of nitrogens with two attached hydrogens (primary N) is 1. The van der Waals surface area contributed by atoms with Gasteiger partial charge < -0.3 is 5.73 Å². The van der Waals surface area contributed by atoms with Crippen LogP contribution in [0.1, 0.15) is 0 Å². The van der Waals surface area contributed by atoms with Crippen LogP contribution in [0, 0.1) is 5.82 Å². The van der Waals surface area contributed by atoms with Crippen LogP contribution in [0.3, 0.4) is 0 Å². The number of benzene rings is 1. The van der Waals surface area contributed by atoms with Crippen molar-refractivity contribution in [1.29, 1.82) is 0 Å². The van der Waals surface area contributed by atoms with Gasteiger partial charge in [-0.1, -0.05) is 23.7 Å². The quantitative estimate of drug-likeness (QED) is 0.760. The van der Waals surface area contributed by atoms with Crippen LogP contribution in [-0.4, -0.2) is 20.2 Å². The number of nitrogen functional groups attached to an aromatic ring is 1. The van der Waals surface area contributed by atoms with Crippen molar-refractivity contribution in [2.75, 3.05) is 5.73 Å². The topological polar surface area (TPSA) is 80.5 Å². The molecule has 0 spiro atoms. The van der Waals surface area contributed by atoms with E-state index in [0.29, 0.717) is 16.8 Å². The van der Waals surface area contributed by atoms with Crippen LogP contribution >= 0.6 is 11.6 Å². The van der Waals surface area contributed by atoms with E-state index in [1.54, 1.807) is 24.5 Å². The number of halogens is 2. The molecule has 5 nitrogen and oxygen atoms in total. The molecule has 100 valence electrons. The number of H-pyrrole nitrogens is 1. The molecule has 3 N–H and O–H groups in total. The standard InChI is InChI=1S/C13H9ClFN5/c14-9-3-1-2-8(11(9)15)10-12(19-20-13(10)16)7-4-17-6-18-5-7/h1-6H,(H3,16,19,20). The van der Waals surface area contributed by atoms with Crippen LogP contribution < -0.4 is 5.73 Å². The molecule has 0 amide bonds. The summed E-state index contributed by atoms with van der Waals surface area (Å²) < 4.78 is 14.2. The highest BCUT2D eigenvalue weighted by Gasteiger charge is 2.19. The minimum Gasteiger partial charge on any atom is -0.382 e. The molecule has 7 heteroatoms. The van der Waals surface area contributed by atoms with Crippen molar-refractivity contribution >= 4 is 17.4 Å². The second-order valence-corrected chi connectivity index (χ2v) is 4.49. The number of anilines is 1. The van der Waals surface area contributed by atoms with E-state index in [9.17, 15) is 4.39 Å². The Labute approximate surface area is 118 Å². The zero-order valence-electron chi connectivity index (χ0n) is 10.1. The van der Waals surface area contributed by atoms with E-state index in [1.165, 1.54) is 12.4 Å². The fourth-order valence-corrected chi connectivity index (χ4v) is 2.14. The van der Waals surface area contributed by atoms with Gasteiger partial charge in [-0.3, -0.25) is 5.10 Å². The Morgan fingerprint density at radius 2 is 1.95 bits per heavy atom. The SMILES string of the molecule is Nc1n[nH]c(-c2cncnc2)c1-c1cccc(Cl)c1F. The van der Waals surface area contributed by atoms with Crippen LogP contribution in [0.15, 0.2) is 36.9 Å². The van der Waals surface area contributed by atoms with E-state index in [-0.39, 0.29) is 16.4 Å². The maximum absolute atomic E-state index is 14.2. The molecule has 2 heterocycles. The Hall–Kier alpha value is -2.47. The maximum Gasteiger partial charge on any atom is 0.153 e. The highest BCUT2D eigenvalue weighted by atomic mass is 35.5. The summed E-state index contributed by atoms with van der Waals surface area (Å²) in [7, 11) is 0. The van der Waals surface area contributed by atoms with E-state index < -0.39 is 5.82 Å². The Morgan fingerprint density at radius 1 is 1.20 bits per heavy atom. The summed E-state index contributed by atoms with van der Waals surface area (Å²) in [4.78, 5) is 7.85. The molecule has 2 aromatic heterocycles. The lowest BCUT2D eigenvalue weighted by Gasteiger charge is -2.06. The molecule has 0 saturated carbocycles. The van der Waals surface area contributed by atoms with Crippen LogP contribution in [0.2, 0.25) is 5.02 Å². The Balaban J connectivity index is 2.25. The van der Waals surface area contributed by atoms with Crippen molar-refractivity contribution < 1.29 is 4.39 Å². The molecule has 0 unspecified atom stereocenters. The predicted molar refractivity (Wildman–Crippen MR) is 74.4 cm³/mol. The van der Waals surface area contributed by atoms with Crippen molar-refractivity contribution in [3.8, 4) is 22.4 Å². The third-order valence-electron chi connectivity index (χ3n) is 2.86. The van der Waals surface area contributed by atoms with Crippen molar-refractivity contribution in [2.45, 2.75) is 0 Å². The zero-order chi connectivity index (χ0) is 14.1. The summed E-state index contributed by atoms with van der Waals surface area (Å²) in [5.41, 5.74) is 7.77. The summed E-state index contributed by atoms with van der Waals surface area (Å²) in [5.74, 6) is -0.356. The molecule has 20 heavy (non-hydrogen) atoms. The largest absolute Gasteiger partial charge is 0.382 e. The number of nitrogens with zero attached hydrogens (tertiary/aromatic N) is 3. The Morgan fingerprint density at radius 3 is 2.70 bits per heavy atom. The molecule has 3 rings (SSSR count). The molecule has 3 aromatic rings. The summed E-state index contributed by atoms with van der Waals surface area (Å²) in [5, 5.41) is 6.72. The third kappa shape index (κ3) is 2.00. The van der Waals surface area contributed by atoms with Crippen LogP contribution in [0.25, 0.3) is 22.4 Å². The lowest BCUT2D eigenvalue weighted by Crippen LogP contribution is -1.92. The van der Waals surface area contributed by atoms with Gasteiger partial charge in [0.2, 0.25) is 0 Å². The number of aromatic amines is 1. The van der Waals surface area contributed by atoms with Crippen LogP contribution in [0.5, 0.6) is 0 Å². The molecule has 0 bridgehead atoms. The van der Waals surface area contributed by atoms with Gasteiger partial charge in [0.15, 0.2) is 5.82 Å². The Bertz CT molecular complexity index is 757. The first kappa shape index (κ1) is 12.6. The van der Waals surface area contributed by atoms with Gasteiger partial charge in [-0.2, -0.15) is 5.10 Å². The summed E-state index contributed by atoms with van der Waals surface area (Å²) >= 11 is 5.81. The van der Waals surface area contributed by atoms with Gasteiger partial charge in [-0.15, -0.1) is 0 Å². The molecule has 0 saturated heterocycles. The Kier molecular flexibility index (Phi) is 3.08. The highest BCUT2D eigenvalue weighted by molar-refractivity contribution is 6.31. The van der Waals surface area contributed by atoms with Crippen LogP contribution in [0.4, 0.5) is 10.2 Å².